The van der Waals surface area contributed by atoms with Gasteiger partial charge in [-0.1, -0.05) is 39.0 Å². The van der Waals surface area contributed by atoms with E-state index in [4.69, 9.17) is 4.74 Å². The lowest BCUT2D eigenvalue weighted by molar-refractivity contribution is 0.297. The second-order valence-corrected chi connectivity index (χ2v) is 5.28. The Hall–Kier alpha value is -1.32. The van der Waals surface area contributed by atoms with Crippen molar-refractivity contribution in [1.29, 1.82) is 0 Å². The Morgan fingerprint density at radius 3 is 2.74 bits per heavy atom. The fraction of sp³-hybridized carbons (Fsp3) is 0.733. The van der Waals surface area contributed by atoms with Gasteiger partial charge in [-0.15, -0.1) is 0 Å². The quantitative estimate of drug-likeness (QED) is 0.626. The van der Waals surface area contributed by atoms with Gasteiger partial charge < -0.3 is 10.1 Å². The summed E-state index contributed by atoms with van der Waals surface area (Å²) in [4.78, 5) is 8.44. The molecule has 0 radical (unpaired) electrons. The van der Waals surface area contributed by atoms with Gasteiger partial charge in [-0.05, 0) is 19.3 Å². The van der Waals surface area contributed by atoms with Crippen LogP contribution in [0.15, 0.2) is 12.4 Å². The van der Waals surface area contributed by atoms with Gasteiger partial charge in [-0.2, -0.15) is 0 Å². The van der Waals surface area contributed by atoms with Crippen molar-refractivity contribution in [2.75, 3.05) is 11.9 Å². The van der Waals surface area contributed by atoms with Crippen molar-refractivity contribution in [2.24, 2.45) is 0 Å². The number of hydrogen-bond acceptors (Lipinski definition) is 4. The minimum Gasteiger partial charge on any atom is -0.478 e. The van der Waals surface area contributed by atoms with Crippen molar-refractivity contribution >= 4 is 5.82 Å². The summed E-state index contributed by atoms with van der Waals surface area (Å²) in [6.07, 6.45) is 11.7. The molecule has 4 heteroatoms. The van der Waals surface area contributed by atoms with Gasteiger partial charge in [0.25, 0.3) is 0 Å². The molecule has 19 heavy (non-hydrogen) atoms. The van der Waals surface area contributed by atoms with Crippen molar-refractivity contribution in [3.05, 3.63) is 12.4 Å². The maximum atomic E-state index is 5.61. The molecule has 1 aromatic rings. The van der Waals surface area contributed by atoms with Crippen LogP contribution < -0.4 is 10.1 Å². The molecule has 1 aliphatic rings. The number of rotatable bonds is 6. The van der Waals surface area contributed by atoms with Gasteiger partial charge in [-0.25, -0.2) is 9.97 Å². The van der Waals surface area contributed by atoms with E-state index in [0.29, 0.717) is 11.9 Å². The van der Waals surface area contributed by atoms with Crippen LogP contribution in [0.3, 0.4) is 0 Å². The van der Waals surface area contributed by atoms with Crippen LogP contribution in [0.4, 0.5) is 5.82 Å². The van der Waals surface area contributed by atoms with E-state index < -0.39 is 0 Å². The van der Waals surface area contributed by atoms with Crippen molar-refractivity contribution in [1.82, 2.24) is 9.97 Å². The summed E-state index contributed by atoms with van der Waals surface area (Å²) in [5.74, 6) is 1.58. The molecule has 2 rings (SSSR count). The highest BCUT2D eigenvalue weighted by Crippen LogP contribution is 2.21. The maximum absolute atomic E-state index is 5.61. The normalized spacial score (nSPS) is 16.9. The Bertz CT molecular complexity index is 362. The highest BCUT2D eigenvalue weighted by molar-refractivity contribution is 5.38. The van der Waals surface area contributed by atoms with E-state index >= 15 is 0 Å². The lowest BCUT2D eigenvalue weighted by Gasteiger charge is -2.17. The van der Waals surface area contributed by atoms with Crippen LogP contribution in [0.2, 0.25) is 0 Å². The predicted octanol–water partition coefficient (Wildman–Crippen LogP) is 3.79. The van der Waals surface area contributed by atoms with Crippen molar-refractivity contribution in [2.45, 2.75) is 64.3 Å². The van der Waals surface area contributed by atoms with E-state index in [9.17, 15) is 0 Å². The van der Waals surface area contributed by atoms with Crippen molar-refractivity contribution in [3.8, 4) is 5.88 Å². The first-order chi connectivity index (χ1) is 9.38. The molecule has 0 spiro atoms. The Kier molecular flexibility index (Phi) is 5.92. The molecule has 106 valence electrons. The molecular formula is C15H25N3O. The molecule has 1 fully saturated rings. The topological polar surface area (TPSA) is 47.0 Å². The molecule has 1 aromatic heterocycles. The molecule has 1 heterocycles. The summed E-state index contributed by atoms with van der Waals surface area (Å²) in [6.45, 7) is 2.89. The number of anilines is 1. The number of nitrogens with zero attached hydrogens (tertiary/aromatic N) is 2. The molecular weight excluding hydrogens is 238 g/mol. The lowest BCUT2D eigenvalue weighted by Crippen LogP contribution is -2.19. The Morgan fingerprint density at radius 1 is 1.21 bits per heavy atom. The summed E-state index contributed by atoms with van der Waals surface area (Å²) in [6, 6.07) is 2.47. The van der Waals surface area contributed by atoms with Crippen LogP contribution in [0.1, 0.15) is 58.3 Å². The maximum Gasteiger partial charge on any atom is 0.218 e. The van der Waals surface area contributed by atoms with Crippen LogP contribution in [-0.4, -0.2) is 22.6 Å². The lowest BCUT2D eigenvalue weighted by atomic mass is 10.1. The largest absolute Gasteiger partial charge is 0.478 e. The zero-order chi connectivity index (χ0) is 13.3. The third-order valence-electron chi connectivity index (χ3n) is 3.60. The first kappa shape index (κ1) is 14.1. The minimum atomic E-state index is 0.556. The summed E-state index contributed by atoms with van der Waals surface area (Å²) < 4.78 is 5.61. The highest BCUT2D eigenvalue weighted by Gasteiger charge is 2.12. The molecule has 1 aliphatic carbocycles. The standard InChI is InChI=1S/C15H25N3O/c1-2-3-10-19-15-11-14(16-12-17-15)18-13-8-6-4-5-7-9-13/h11-13H,2-10H2,1H3,(H,16,17,18). The molecule has 0 amide bonds. The molecule has 0 aliphatic heterocycles. The Balaban J connectivity index is 1.86. The average molecular weight is 263 g/mol. The van der Waals surface area contributed by atoms with E-state index in [1.807, 2.05) is 6.07 Å². The third kappa shape index (κ3) is 5.05. The fourth-order valence-corrected chi connectivity index (χ4v) is 2.45. The van der Waals surface area contributed by atoms with Gasteiger partial charge in [0.15, 0.2) is 0 Å². The predicted molar refractivity (Wildman–Crippen MR) is 77.5 cm³/mol. The molecule has 0 bridgehead atoms. The van der Waals surface area contributed by atoms with E-state index in [0.717, 1.165) is 25.3 Å². The second kappa shape index (κ2) is 7.97. The van der Waals surface area contributed by atoms with Gasteiger partial charge in [0.05, 0.1) is 6.61 Å². The van der Waals surface area contributed by atoms with E-state index in [1.54, 1.807) is 6.33 Å². The van der Waals surface area contributed by atoms with Crippen LogP contribution in [0, 0.1) is 0 Å². The number of aromatic nitrogens is 2. The van der Waals surface area contributed by atoms with Gasteiger partial charge in [0.1, 0.15) is 12.1 Å². The Labute approximate surface area is 116 Å². The molecule has 0 aromatic carbocycles. The molecule has 1 saturated carbocycles. The van der Waals surface area contributed by atoms with Gasteiger partial charge in [-0.3, -0.25) is 0 Å². The van der Waals surface area contributed by atoms with Gasteiger partial charge in [0, 0.05) is 12.1 Å². The Morgan fingerprint density at radius 2 is 2.00 bits per heavy atom. The summed E-state index contributed by atoms with van der Waals surface area (Å²) in [5.41, 5.74) is 0. The number of ether oxygens (including phenoxy) is 1. The minimum absolute atomic E-state index is 0.556. The van der Waals surface area contributed by atoms with Crippen LogP contribution in [0.5, 0.6) is 5.88 Å². The number of hydrogen-bond donors (Lipinski definition) is 1. The number of nitrogens with one attached hydrogen (secondary N) is 1. The molecule has 0 saturated heterocycles. The van der Waals surface area contributed by atoms with Gasteiger partial charge in [0.2, 0.25) is 5.88 Å². The molecule has 1 N–H and O–H groups in total. The summed E-state index contributed by atoms with van der Waals surface area (Å²) in [7, 11) is 0. The smallest absolute Gasteiger partial charge is 0.218 e. The second-order valence-electron chi connectivity index (χ2n) is 5.28. The van der Waals surface area contributed by atoms with E-state index in [2.05, 4.69) is 22.2 Å². The molecule has 0 unspecified atom stereocenters. The van der Waals surface area contributed by atoms with Gasteiger partial charge >= 0.3 is 0 Å². The van der Waals surface area contributed by atoms with Crippen LogP contribution in [-0.2, 0) is 0 Å². The van der Waals surface area contributed by atoms with Crippen LogP contribution >= 0.6 is 0 Å². The van der Waals surface area contributed by atoms with E-state index in [-0.39, 0.29) is 0 Å². The first-order valence-electron chi connectivity index (χ1n) is 7.60. The van der Waals surface area contributed by atoms with E-state index in [1.165, 1.54) is 38.5 Å². The van der Waals surface area contributed by atoms with Crippen molar-refractivity contribution < 1.29 is 4.74 Å². The summed E-state index contributed by atoms with van der Waals surface area (Å²) in [5, 5.41) is 3.52. The highest BCUT2D eigenvalue weighted by atomic mass is 16.5. The molecule has 0 atom stereocenters. The monoisotopic (exact) mass is 263 g/mol. The zero-order valence-electron chi connectivity index (χ0n) is 11.9. The van der Waals surface area contributed by atoms with Crippen LogP contribution in [0.25, 0.3) is 0 Å². The molecule has 4 nitrogen and oxygen atoms in total. The summed E-state index contributed by atoms with van der Waals surface area (Å²) >= 11 is 0. The fourth-order valence-electron chi connectivity index (χ4n) is 2.45. The average Bonchev–Trinajstić information content (AvgIpc) is 2.68. The number of unbranched alkanes of at least 4 members (excludes halogenated alkanes) is 1. The first-order valence-corrected chi connectivity index (χ1v) is 7.60. The third-order valence-corrected chi connectivity index (χ3v) is 3.60. The zero-order valence-corrected chi connectivity index (χ0v) is 11.9. The van der Waals surface area contributed by atoms with Crippen molar-refractivity contribution in [3.63, 3.8) is 0 Å². The SMILES string of the molecule is CCCCOc1cc(NC2CCCCCC2)ncn1.